The van der Waals surface area contributed by atoms with Crippen molar-refractivity contribution in [1.29, 1.82) is 0 Å². The zero-order chi connectivity index (χ0) is 8.72. The fourth-order valence-corrected chi connectivity index (χ4v) is 2.63. The van der Waals surface area contributed by atoms with E-state index < -0.39 is 0 Å². The van der Waals surface area contributed by atoms with Gasteiger partial charge < -0.3 is 4.98 Å². The molecule has 62 valence electrons. The van der Waals surface area contributed by atoms with Gasteiger partial charge in [0.2, 0.25) is 0 Å². The second-order valence-electron chi connectivity index (χ2n) is 2.10. The van der Waals surface area contributed by atoms with Crippen LogP contribution in [0.2, 0.25) is 4.34 Å². The Labute approximate surface area is 84.5 Å². The molecule has 0 aliphatic carbocycles. The molecule has 0 saturated carbocycles. The van der Waals surface area contributed by atoms with Crippen LogP contribution in [-0.2, 0) is 0 Å². The van der Waals surface area contributed by atoms with Crippen molar-refractivity contribution in [2.45, 2.75) is 0 Å². The van der Waals surface area contributed by atoms with E-state index in [1.54, 1.807) is 0 Å². The lowest BCUT2D eigenvalue weighted by Gasteiger charge is -1.85. The van der Waals surface area contributed by atoms with E-state index in [0.717, 1.165) is 0 Å². The van der Waals surface area contributed by atoms with Crippen LogP contribution in [0.15, 0.2) is 15.6 Å². The number of hydrogen-bond donors (Lipinski definition) is 1. The molecule has 0 amide bonds. The molecule has 0 unspecified atom stereocenters. The Morgan fingerprint density at radius 1 is 1.67 bits per heavy atom. The van der Waals surface area contributed by atoms with E-state index in [0.29, 0.717) is 19.0 Å². The average Bonchev–Trinajstić information content (AvgIpc) is 2.32. The first kappa shape index (κ1) is 8.22. The van der Waals surface area contributed by atoms with Crippen LogP contribution in [-0.4, -0.2) is 9.97 Å². The molecule has 2 rings (SSSR count). The highest BCUT2D eigenvalue weighted by atomic mass is 79.9. The lowest BCUT2D eigenvalue weighted by molar-refractivity contribution is 1.18. The van der Waals surface area contributed by atoms with Gasteiger partial charge in [0.15, 0.2) is 0 Å². The number of aromatic nitrogens is 2. The summed E-state index contributed by atoms with van der Waals surface area (Å²) < 4.78 is 1.79. The molecule has 3 nitrogen and oxygen atoms in total. The molecule has 0 bridgehead atoms. The second kappa shape index (κ2) is 2.83. The summed E-state index contributed by atoms with van der Waals surface area (Å²) in [7, 11) is 0. The summed E-state index contributed by atoms with van der Waals surface area (Å²) in [5.41, 5.74) is 0.464. The zero-order valence-electron chi connectivity index (χ0n) is 5.60. The van der Waals surface area contributed by atoms with Gasteiger partial charge >= 0.3 is 0 Å². The van der Waals surface area contributed by atoms with Gasteiger partial charge in [-0.2, -0.15) is 0 Å². The quantitative estimate of drug-likeness (QED) is 0.795. The summed E-state index contributed by atoms with van der Waals surface area (Å²) in [5.74, 6) is 0. The van der Waals surface area contributed by atoms with E-state index in [1.165, 1.54) is 17.7 Å². The Morgan fingerprint density at radius 3 is 3.08 bits per heavy atom. The molecular formula is C6H2BrClN2OS. The van der Waals surface area contributed by atoms with Crippen LogP contribution >= 0.6 is 38.9 Å². The highest BCUT2D eigenvalue weighted by molar-refractivity contribution is 9.10. The lowest BCUT2D eigenvalue weighted by atomic mass is 10.5. The van der Waals surface area contributed by atoms with Crippen molar-refractivity contribution in [2.24, 2.45) is 0 Å². The molecule has 0 spiro atoms. The minimum absolute atomic E-state index is 0.155. The van der Waals surface area contributed by atoms with E-state index >= 15 is 0 Å². The fourth-order valence-electron chi connectivity index (χ4n) is 0.866. The van der Waals surface area contributed by atoms with E-state index in [4.69, 9.17) is 11.6 Å². The Kier molecular flexibility index (Phi) is 1.94. The summed E-state index contributed by atoms with van der Waals surface area (Å²) in [6.45, 7) is 0. The third kappa shape index (κ3) is 1.09. The number of halogens is 2. The highest BCUT2D eigenvalue weighted by Crippen LogP contribution is 2.35. The van der Waals surface area contributed by atoms with Gasteiger partial charge in [-0.15, -0.1) is 11.3 Å². The van der Waals surface area contributed by atoms with E-state index in [1.807, 2.05) is 0 Å². The van der Waals surface area contributed by atoms with Gasteiger partial charge in [0.05, 0.1) is 10.8 Å². The summed E-state index contributed by atoms with van der Waals surface area (Å²) in [5, 5.41) is 0. The first-order valence-electron chi connectivity index (χ1n) is 3.01. The molecule has 0 atom stereocenters. The van der Waals surface area contributed by atoms with Crippen LogP contribution in [0.25, 0.3) is 10.2 Å². The Hall–Kier alpha value is -0.390. The third-order valence-electron chi connectivity index (χ3n) is 1.38. The summed E-state index contributed by atoms with van der Waals surface area (Å²) in [6.07, 6.45) is 1.36. The van der Waals surface area contributed by atoms with Crippen molar-refractivity contribution >= 4 is 49.1 Å². The van der Waals surface area contributed by atoms with Gasteiger partial charge in [-0.25, -0.2) is 4.98 Å². The molecule has 0 aromatic carbocycles. The van der Waals surface area contributed by atoms with Crippen molar-refractivity contribution in [3.8, 4) is 0 Å². The van der Waals surface area contributed by atoms with Gasteiger partial charge in [-0.05, 0) is 15.9 Å². The minimum atomic E-state index is -0.155. The first-order chi connectivity index (χ1) is 5.70. The number of H-pyrrole nitrogens is 1. The van der Waals surface area contributed by atoms with E-state index in [-0.39, 0.29) is 5.56 Å². The van der Waals surface area contributed by atoms with Crippen molar-refractivity contribution in [3.05, 3.63) is 25.5 Å². The van der Waals surface area contributed by atoms with Crippen LogP contribution in [0.3, 0.4) is 0 Å². The third-order valence-corrected chi connectivity index (χ3v) is 4.03. The molecule has 2 aromatic heterocycles. The number of rotatable bonds is 0. The molecule has 0 aliphatic heterocycles. The maximum Gasteiger partial charge on any atom is 0.268 e. The van der Waals surface area contributed by atoms with Gasteiger partial charge in [0.25, 0.3) is 5.56 Å². The van der Waals surface area contributed by atoms with Crippen LogP contribution in [0.4, 0.5) is 0 Å². The molecule has 0 aliphatic rings. The van der Waals surface area contributed by atoms with Crippen molar-refractivity contribution in [2.75, 3.05) is 0 Å². The molecule has 0 fully saturated rings. The molecule has 0 saturated heterocycles. The minimum Gasteiger partial charge on any atom is -0.312 e. The number of hydrogen-bond acceptors (Lipinski definition) is 3. The highest BCUT2D eigenvalue weighted by Gasteiger charge is 2.10. The standard InChI is InChI=1S/C6H2BrClN2OS/c7-2-3-4(12-5(2)8)6(11)10-1-9-3/h1H,(H,9,10,11). The van der Waals surface area contributed by atoms with Crippen molar-refractivity contribution in [1.82, 2.24) is 9.97 Å². The Bertz CT molecular complexity index is 492. The maximum atomic E-state index is 11.2. The lowest BCUT2D eigenvalue weighted by Crippen LogP contribution is -2.03. The fraction of sp³-hybridized carbons (Fsp3) is 0. The van der Waals surface area contributed by atoms with Crippen LogP contribution in [0, 0.1) is 0 Å². The van der Waals surface area contributed by atoms with Gasteiger partial charge in [-0.3, -0.25) is 4.79 Å². The predicted molar refractivity (Wildman–Crippen MR) is 53.0 cm³/mol. The molecule has 1 N–H and O–H groups in total. The van der Waals surface area contributed by atoms with Gasteiger partial charge in [0, 0.05) is 0 Å². The number of aromatic amines is 1. The van der Waals surface area contributed by atoms with Crippen molar-refractivity contribution < 1.29 is 0 Å². The molecule has 2 heterocycles. The van der Waals surface area contributed by atoms with Gasteiger partial charge in [-0.1, -0.05) is 11.6 Å². The second-order valence-corrected chi connectivity index (χ2v) is 4.51. The van der Waals surface area contributed by atoms with E-state index in [2.05, 4.69) is 25.9 Å². The van der Waals surface area contributed by atoms with Crippen LogP contribution < -0.4 is 5.56 Å². The summed E-state index contributed by atoms with van der Waals surface area (Å²) >= 11 is 10.3. The SMILES string of the molecule is O=c1[nH]cnc2c(Br)c(Cl)sc12. The monoisotopic (exact) mass is 264 g/mol. The largest absolute Gasteiger partial charge is 0.312 e. The van der Waals surface area contributed by atoms with Crippen molar-refractivity contribution in [3.63, 3.8) is 0 Å². The smallest absolute Gasteiger partial charge is 0.268 e. The molecule has 6 heteroatoms. The number of nitrogens with zero attached hydrogens (tertiary/aromatic N) is 1. The Balaban J connectivity index is 3.05. The van der Waals surface area contributed by atoms with E-state index in [9.17, 15) is 4.79 Å². The predicted octanol–water partition coefficient (Wildman–Crippen LogP) is 2.40. The van der Waals surface area contributed by atoms with Gasteiger partial charge in [0.1, 0.15) is 14.6 Å². The topological polar surface area (TPSA) is 45.8 Å². The number of nitrogens with one attached hydrogen (secondary N) is 1. The first-order valence-corrected chi connectivity index (χ1v) is 5.00. The summed E-state index contributed by atoms with van der Waals surface area (Å²) in [6, 6.07) is 0. The Morgan fingerprint density at radius 2 is 2.42 bits per heavy atom. The molecule has 2 aromatic rings. The number of thiophene rings is 1. The molecule has 12 heavy (non-hydrogen) atoms. The maximum absolute atomic E-state index is 11.2. The normalized spacial score (nSPS) is 10.8. The molecule has 0 radical (unpaired) electrons. The zero-order valence-corrected chi connectivity index (χ0v) is 8.76. The van der Waals surface area contributed by atoms with Crippen LogP contribution in [0.5, 0.6) is 0 Å². The molecular weight excluding hydrogens is 264 g/mol. The number of fused-ring (bicyclic) bond motifs is 1. The average molecular weight is 266 g/mol. The summed E-state index contributed by atoms with van der Waals surface area (Å²) in [4.78, 5) is 17.6. The van der Waals surface area contributed by atoms with Crippen LogP contribution in [0.1, 0.15) is 0 Å².